The average molecular weight is 212 g/mol. The van der Waals surface area contributed by atoms with Gasteiger partial charge in [-0.1, -0.05) is 0 Å². The third-order valence-corrected chi connectivity index (χ3v) is 3.34. The van der Waals surface area contributed by atoms with Gasteiger partial charge in [0, 0.05) is 30.8 Å². The molecule has 1 atom stereocenters. The second-order valence-electron chi connectivity index (χ2n) is 3.75. The van der Waals surface area contributed by atoms with Crippen molar-refractivity contribution < 1.29 is 4.74 Å². The van der Waals surface area contributed by atoms with Gasteiger partial charge in [-0.3, -0.25) is 4.98 Å². The van der Waals surface area contributed by atoms with Crippen molar-refractivity contribution in [1.82, 2.24) is 10.3 Å². The summed E-state index contributed by atoms with van der Waals surface area (Å²) >= 11 is 1.70. The third kappa shape index (κ3) is 2.77. The molecule has 1 fully saturated rings. The van der Waals surface area contributed by atoms with Gasteiger partial charge in [-0.05, 0) is 18.8 Å². The lowest BCUT2D eigenvalue weighted by atomic mass is 10.2. The molecule has 1 aliphatic rings. The molecular formula is C10H16N2OS. The van der Waals surface area contributed by atoms with E-state index in [4.69, 9.17) is 4.74 Å². The predicted octanol–water partition coefficient (Wildman–Crippen LogP) is 1.66. The van der Waals surface area contributed by atoms with E-state index in [0.717, 1.165) is 19.1 Å². The molecule has 0 saturated heterocycles. The molecule has 78 valence electrons. The highest BCUT2D eigenvalue weighted by molar-refractivity contribution is 7.09. The Kier molecular flexibility index (Phi) is 3.50. The molecule has 0 aromatic carbocycles. The molecule has 1 heterocycles. The largest absolute Gasteiger partial charge is 0.383 e. The number of thiazole rings is 1. The van der Waals surface area contributed by atoms with Crippen LogP contribution in [-0.2, 0) is 11.3 Å². The number of aromatic nitrogens is 1. The van der Waals surface area contributed by atoms with Crippen molar-refractivity contribution in [2.75, 3.05) is 13.7 Å². The van der Waals surface area contributed by atoms with Crippen molar-refractivity contribution in [3.8, 4) is 0 Å². The first-order valence-electron chi connectivity index (χ1n) is 5.00. The maximum atomic E-state index is 5.20. The molecular weight excluding hydrogens is 196 g/mol. The molecule has 1 N–H and O–H groups in total. The molecule has 2 rings (SSSR count). The standard InChI is InChI=1S/C10H16N2OS/c1-13-6-10(8-2-3-8)12-5-9-4-11-7-14-9/h4,7-8,10,12H,2-3,5-6H2,1H3. The van der Waals surface area contributed by atoms with E-state index in [-0.39, 0.29) is 0 Å². The zero-order valence-corrected chi connectivity index (χ0v) is 9.22. The molecule has 1 aromatic rings. The smallest absolute Gasteiger partial charge is 0.0794 e. The van der Waals surface area contributed by atoms with Gasteiger partial charge in [0.2, 0.25) is 0 Å². The van der Waals surface area contributed by atoms with Crippen LogP contribution in [0.25, 0.3) is 0 Å². The van der Waals surface area contributed by atoms with Crippen LogP contribution >= 0.6 is 11.3 Å². The van der Waals surface area contributed by atoms with Gasteiger partial charge in [-0.25, -0.2) is 0 Å². The normalized spacial score (nSPS) is 18.4. The number of rotatable bonds is 6. The lowest BCUT2D eigenvalue weighted by molar-refractivity contribution is 0.157. The highest BCUT2D eigenvalue weighted by Gasteiger charge is 2.30. The first-order chi connectivity index (χ1) is 6.90. The van der Waals surface area contributed by atoms with E-state index in [2.05, 4.69) is 10.3 Å². The zero-order valence-electron chi connectivity index (χ0n) is 8.40. The Morgan fingerprint density at radius 3 is 3.14 bits per heavy atom. The monoisotopic (exact) mass is 212 g/mol. The summed E-state index contributed by atoms with van der Waals surface area (Å²) in [5.41, 5.74) is 1.87. The van der Waals surface area contributed by atoms with E-state index in [1.165, 1.54) is 17.7 Å². The second kappa shape index (κ2) is 4.87. The predicted molar refractivity (Wildman–Crippen MR) is 57.3 cm³/mol. The maximum absolute atomic E-state index is 5.20. The molecule has 1 aromatic heterocycles. The summed E-state index contributed by atoms with van der Waals surface area (Å²) in [4.78, 5) is 5.35. The van der Waals surface area contributed by atoms with Crippen molar-refractivity contribution in [1.29, 1.82) is 0 Å². The van der Waals surface area contributed by atoms with Crippen LogP contribution in [0.3, 0.4) is 0 Å². The first-order valence-corrected chi connectivity index (χ1v) is 5.88. The van der Waals surface area contributed by atoms with Gasteiger partial charge >= 0.3 is 0 Å². The molecule has 0 spiro atoms. The molecule has 1 aliphatic carbocycles. The van der Waals surface area contributed by atoms with Crippen molar-refractivity contribution >= 4 is 11.3 Å². The summed E-state index contributed by atoms with van der Waals surface area (Å²) in [6, 6.07) is 0.530. The molecule has 0 radical (unpaired) electrons. The topological polar surface area (TPSA) is 34.1 Å². The van der Waals surface area contributed by atoms with E-state index in [0.29, 0.717) is 6.04 Å². The highest BCUT2D eigenvalue weighted by atomic mass is 32.1. The van der Waals surface area contributed by atoms with E-state index < -0.39 is 0 Å². The molecule has 0 amide bonds. The second-order valence-corrected chi connectivity index (χ2v) is 4.72. The van der Waals surface area contributed by atoms with Crippen LogP contribution in [0.15, 0.2) is 11.7 Å². The van der Waals surface area contributed by atoms with Crippen LogP contribution in [-0.4, -0.2) is 24.7 Å². The van der Waals surface area contributed by atoms with Gasteiger partial charge in [0.25, 0.3) is 0 Å². The fourth-order valence-electron chi connectivity index (χ4n) is 1.60. The van der Waals surface area contributed by atoms with E-state index in [1.807, 2.05) is 11.7 Å². The molecule has 14 heavy (non-hydrogen) atoms. The summed E-state index contributed by atoms with van der Waals surface area (Å²) in [5, 5.41) is 3.53. The van der Waals surface area contributed by atoms with Crippen molar-refractivity contribution in [2.45, 2.75) is 25.4 Å². The number of methoxy groups -OCH3 is 1. The van der Waals surface area contributed by atoms with Gasteiger partial charge < -0.3 is 10.1 Å². The Morgan fingerprint density at radius 2 is 2.57 bits per heavy atom. The number of hydrogen-bond donors (Lipinski definition) is 1. The third-order valence-electron chi connectivity index (χ3n) is 2.56. The minimum Gasteiger partial charge on any atom is -0.383 e. The van der Waals surface area contributed by atoms with Gasteiger partial charge in [-0.15, -0.1) is 11.3 Å². The SMILES string of the molecule is COCC(NCc1cncs1)C1CC1. The summed E-state index contributed by atoms with van der Waals surface area (Å²) in [5.74, 6) is 0.836. The van der Waals surface area contributed by atoms with Crippen LogP contribution in [0, 0.1) is 5.92 Å². The maximum Gasteiger partial charge on any atom is 0.0794 e. The van der Waals surface area contributed by atoms with Crippen LogP contribution < -0.4 is 5.32 Å². The summed E-state index contributed by atoms with van der Waals surface area (Å²) < 4.78 is 5.20. The van der Waals surface area contributed by atoms with E-state index >= 15 is 0 Å². The summed E-state index contributed by atoms with van der Waals surface area (Å²) in [7, 11) is 1.77. The molecule has 1 saturated carbocycles. The highest BCUT2D eigenvalue weighted by Crippen LogP contribution is 2.32. The fourth-order valence-corrected chi connectivity index (χ4v) is 2.15. The summed E-state index contributed by atoms with van der Waals surface area (Å²) in [6.45, 7) is 1.75. The Labute approximate surface area is 88.5 Å². The minimum absolute atomic E-state index is 0.530. The molecule has 0 bridgehead atoms. The Balaban J connectivity index is 1.76. The fraction of sp³-hybridized carbons (Fsp3) is 0.700. The quantitative estimate of drug-likeness (QED) is 0.778. The number of hydrogen-bond acceptors (Lipinski definition) is 4. The van der Waals surface area contributed by atoms with Gasteiger partial charge in [0.1, 0.15) is 0 Å². The van der Waals surface area contributed by atoms with Crippen molar-refractivity contribution in [3.05, 3.63) is 16.6 Å². The molecule has 1 unspecified atom stereocenters. The minimum atomic E-state index is 0.530. The van der Waals surface area contributed by atoms with Gasteiger partial charge in [0.15, 0.2) is 0 Å². The Hall–Kier alpha value is -0.450. The molecule has 0 aliphatic heterocycles. The van der Waals surface area contributed by atoms with Crippen LogP contribution in [0.5, 0.6) is 0 Å². The van der Waals surface area contributed by atoms with E-state index in [9.17, 15) is 0 Å². The average Bonchev–Trinajstić information content (AvgIpc) is 2.90. The van der Waals surface area contributed by atoms with E-state index in [1.54, 1.807) is 18.4 Å². The summed E-state index contributed by atoms with van der Waals surface area (Å²) in [6.07, 6.45) is 4.63. The Bertz CT molecular complexity index is 259. The van der Waals surface area contributed by atoms with Gasteiger partial charge in [0.05, 0.1) is 12.1 Å². The van der Waals surface area contributed by atoms with Crippen LogP contribution in [0.4, 0.5) is 0 Å². The van der Waals surface area contributed by atoms with Gasteiger partial charge in [-0.2, -0.15) is 0 Å². The van der Waals surface area contributed by atoms with Crippen LogP contribution in [0.1, 0.15) is 17.7 Å². The van der Waals surface area contributed by atoms with Crippen molar-refractivity contribution in [3.63, 3.8) is 0 Å². The lowest BCUT2D eigenvalue weighted by Gasteiger charge is -2.16. The molecule has 3 nitrogen and oxygen atoms in total. The zero-order chi connectivity index (χ0) is 9.80. The van der Waals surface area contributed by atoms with Crippen LogP contribution in [0.2, 0.25) is 0 Å². The Morgan fingerprint density at radius 1 is 1.71 bits per heavy atom. The van der Waals surface area contributed by atoms with Crippen molar-refractivity contribution in [2.24, 2.45) is 5.92 Å². The molecule has 4 heteroatoms. The first kappa shape index (κ1) is 10.1. The number of nitrogens with zero attached hydrogens (tertiary/aromatic N) is 1. The number of ether oxygens (including phenoxy) is 1. The lowest BCUT2D eigenvalue weighted by Crippen LogP contribution is -2.34. The number of nitrogens with one attached hydrogen (secondary N) is 1.